The van der Waals surface area contributed by atoms with Gasteiger partial charge >= 0.3 is 0 Å². The Morgan fingerprint density at radius 2 is 1.59 bits per heavy atom. The maximum absolute atomic E-state index is 12.6. The van der Waals surface area contributed by atoms with Crippen molar-refractivity contribution in [3.8, 4) is 11.1 Å². The van der Waals surface area contributed by atoms with Gasteiger partial charge in [0.05, 0.1) is 11.7 Å². The minimum Gasteiger partial charge on any atom is -0.341 e. The SMILES string of the molecule is CN(Cc1cccc(-c2ccc(CC3SC(=O)NC3=O)cc2)c1)C(=O)Cc1ccccc1. The van der Waals surface area contributed by atoms with Crippen LogP contribution in [-0.4, -0.2) is 34.3 Å². The highest BCUT2D eigenvalue weighted by atomic mass is 32.2. The van der Waals surface area contributed by atoms with Gasteiger partial charge in [0, 0.05) is 13.6 Å². The number of imide groups is 1. The van der Waals surface area contributed by atoms with E-state index in [2.05, 4.69) is 11.4 Å². The molecular weight excluding hydrogens is 420 g/mol. The molecule has 4 rings (SSSR count). The lowest BCUT2D eigenvalue weighted by Gasteiger charge is -2.18. The van der Waals surface area contributed by atoms with Crippen LogP contribution in [0.4, 0.5) is 4.79 Å². The van der Waals surface area contributed by atoms with Crippen LogP contribution in [0.15, 0.2) is 78.9 Å². The smallest absolute Gasteiger partial charge is 0.286 e. The van der Waals surface area contributed by atoms with Crippen molar-refractivity contribution in [1.82, 2.24) is 10.2 Å². The number of amides is 3. The second kappa shape index (κ2) is 9.83. The summed E-state index contributed by atoms with van der Waals surface area (Å²) in [4.78, 5) is 37.4. The summed E-state index contributed by atoms with van der Waals surface area (Å²) in [6.07, 6.45) is 0.915. The molecule has 1 aliphatic heterocycles. The number of thioether (sulfide) groups is 1. The van der Waals surface area contributed by atoms with Gasteiger partial charge in [-0.25, -0.2) is 0 Å². The number of likely N-dealkylation sites (N-methyl/N-ethyl adjacent to an activating group) is 1. The lowest BCUT2D eigenvalue weighted by atomic mass is 10.00. The monoisotopic (exact) mass is 444 g/mol. The van der Waals surface area contributed by atoms with Crippen molar-refractivity contribution in [3.05, 3.63) is 95.6 Å². The van der Waals surface area contributed by atoms with Crippen molar-refractivity contribution < 1.29 is 14.4 Å². The first-order valence-corrected chi connectivity index (χ1v) is 11.3. The van der Waals surface area contributed by atoms with Crippen molar-refractivity contribution in [2.24, 2.45) is 0 Å². The molecule has 5 nitrogen and oxygen atoms in total. The fourth-order valence-corrected chi connectivity index (χ4v) is 4.55. The third kappa shape index (κ3) is 5.45. The van der Waals surface area contributed by atoms with Gasteiger partial charge in [-0.05, 0) is 40.3 Å². The summed E-state index contributed by atoms with van der Waals surface area (Å²) in [7, 11) is 1.83. The van der Waals surface area contributed by atoms with Gasteiger partial charge in [-0.15, -0.1) is 0 Å². The minimum atomic E-state index is -0.361. The van der Waals surface area contributed by atoms with E-state index in [-0.39, 0.29) is 22.3 Å². The van der Waals surface area contributed by atoms with Crippen molar-refractivity contribution in [2.45, 2.75) is 24.6 Å². The van der Waals surface area contributed by atoms with E-state index in [9.17, 15) is 14.4 Å². The van der Waals surface area contributed by atoms with Gasteiger partial charge in [0.1, 0.15) is 0 Å². The van der Waals surface area contributed by atoms with Crippen LogP contribution >= 0.6 is 11.8 Å². The first-order valence-electron chi connectivity index (χ1n) is 10.5. The van der Waals surface area contributed by atoms with E-state index >= 15 is 0 Å². The Labute approximate surface area is 191 Å². The molecule has 1 heterocycles. The van der Waals surface area contributed by atoms with Crippen LogP contribution in [-0.2, 0) is 29.0 Å². The van der Waals surface area contributed by atoms with Crippen molar-refractivity contribution in [2.75, 3.05) is 7.05 Å². The molecule has 0 aromatic heterocycles. The van der Waals surface area contributed by atoms with Crippen molar-refractivity contribution in [3.63, 3.8) is 0 Å². The Bertz CT molecular complexity index is 1130. The topological polar surface area (TPSA) is 66.5 Å². The molecule has 1 unspecified atom stereocenters. The minimum absolute atomic E-state index is 0.0817. The van der Waals surface area contributed by atoms with Gasteiger partial charge in [0.25, 0.3) is 5.24 Å². The van der Waals surface area contributed by atoms with Crippen molar-refractivity contribution in [1.29, 1.82) is 0 Å². The number of nitrogens with zero attached hydrogens (tertiary/aromatic N) is 1. The molecule has 0 aliphatic carbocycles. The molecule has 1 atom stereocenters. The summed E-state index contributed by atoms with van der Waals surface area (Å²) in [5, 5.41) is 1.69. The molecule has 0 saturated carbocycles. The second-order valence-electron chi connectivity index (χ2n) is 7.90. The molecule has 32 heavy (non-hydrogen) atoms. The van der Waals surface area contributed by atoms with Crippen LogP contribution in [0.25, 0.3) is 11.1 Å². The summed E-state index contributed by atoms with van der Waals surface area (Å²) in [5.41, 5.74) is 5.22. The number of nitrogens with one attached hydrogen (secondary N) is 1. The Morgan fingerprint density at radius 3 is 2.28 bits per heavy atom. The van der Waals surface area contributed by atoms with Gasteiger partial charge in [-0.2, -0.15) is 0 Å². The molecule has 1 fully saturated rings. The summed E-state index contributed by atoms with van der Waals surface area (Å²) < 4.78 is 0. The molecule has 3 aromatic rings. The average molecular weight is 445 g/mol. The zero-order valence-electron chi connectivity index (χ0n) is 17.8. The lowest BCUT2D eigenvalue weighted by Crippen LogP contribution is -2.27. The number of carbonyl (C=O) groups is 3. The van der Waals surface area contributed by atoms with Crippen LogP contribution in [0, 0.1) is 0 Å². The maximum Gasteiger partial charge on any atom is 0.286 e. The van der Waals surface area contributed by atoms with Crippen LogP contribution in [0.1, 0.15) is 16.7 Å². The number of rotatable bonds is 7. The molecule has 1 aliphatic rings. The Hall–Kier alpha value is -3.38. The van der Waals surface area contributed by atoms with E-state index in [0.717, 1.165) is 39.6 Å². The largest absolute Gasteiger partial charge is 0.341 e. The first kappa shape index (κ1) is 21.8. The van der Waals surface area contributed by atoms with Gasteiger partial charge in [0.15, 0.2) is 0 Å². The Balaban J connectivity index is 1.39. The maximum atomic E-state index is 12.6. The summed E-state index contributed by atoms with van der Waals surface area (Å²) >= 11 is 1.05. The molecule has 3 amide bonds. The number of benzene rings is 3. The van der Waals surface area contributed by atoms with E-state index in [1.54, 1.807) is 4.90 Å². The lowest BCUT2D eigenvalue weighted by molar-refractivity contribution is -0.129. The van der Waals surface area contributed by atoms with E-state index in [1.165, 1.54) is 0 Å². The van der Waals surface area contributed by atoms with Crippen LogP contribution < -0.4 is 5.32 Å². The van der Waals surface area contributed by atoms with E-state index < -0.39 is 0 Å². The number of hydrogen-bond donors (Lipinski definition) is 1. The standard InChI is InChI=1S/C26H24N2O3S/c1-28(24(29)16-18-6-3-2-4-7-18)17-20-8-5-9-22(14-20)21-12-10-19(11-13-21)15-23-25(30)27-26(31)32-23/h2-14,23H,15-17H2,1H3,(H,27,30,31). The summed E-state index contributed by atoms with van der Waals surface area (Å²) in [6, 6.07) is 26.0. The summed E-state index contributed by atoms with van der Waals surface area (Å²) in [5.74, 6) is -0.138. The highest BCUT2D eigenvalue weighted by Gasteiger charge is 2.31. The Morgan fingerprint density at radius 1 is 0.875 bits per heavy atom. The number of hydrogen-bond acceptors (Lipinski definition) is 4. The molecule has 1 N–H and O–H groups in total. The molecular formula is C26H24N2O3S. The van der Waals surface area contributed by atoms with E-state index in [4.69, 9.17) is 0 Å². The average Bonchev–Trinajstić information content (AvgIpc) is 3.11. The molecule has 0 spiro atoms. The zero-order chi connectivity index (χ0) is 22.5. The third-order valence-electron chi connectivity index (χ3n) is 5.45. The predicted octanol–water partition coefficient (Wildman–Crippen LogP) is 4.45. The molecule has 162 valence electrons. The summed E-state index contributed by atoms with van der Waals surface area (Å²) in [6.45, 7) is 0.541. The van der Waals surface area contributed by atoms with Gasteiger partial charge in [-0.3, -0.25) is 19.7 Å². The molecule has 0 bridgehead atoms. The molecule has 6 heteroatoms. The van der Waals surface area contributed by atoms with E-state index in [1.807, 2.05) is 79.8 Å². The van der Waals surface area contributed by atoms with E-state index in [0.29, 0.717) is 19.4 Å². The molecule has 1 saturated heterocycles. The van der Waals surface area contributed by atoms with Gasteiger partial charge in [0.2, 0.25) is 11.8 Å². The number of carbonyl (C=O) groups excluding carboxylic acids is 3. The molecule has 0 radical (unpaired) electrons. The van der Waals surface area contributed by atoms with Crippen LogP contribution in [0.5, 0.6) is 0 Å². The van der Waals surface area contributed by atoms with Gasteiger partial charge < -0.3 is 4.90 Å². The first-order chi connectivity index (χ1) is 15.5. The molecule has 3 aromatic carbocycles. The third-order valence-corrected chi connectivity index (χ3v) is 6.43. The normalized spacial score (nSPS) is 15.5. The fourth-order valence-electron chi connectivity index (χ4n) is 3.69. The fraction of sp³-hybridized carbons (Fsp3) is 0.192. The predicted molar refractivity (Wildman–Crippen MR) is 127 cm³/mol. The Kier molecular flexibility index (Phi) is 6.71. The zero-order valence-corrected chi connectivity index (χ0v) is 18.6. The quantitative estimate of drug-likeness (QED) is 0.585. The van der Waals surface area contributed by atoms with Crippen LogP contribution in [0.3, 0.4) is 0 Å². The van der Waals surface area contributed by atoms with Crippen LogP contribution in [0.2, 0.25) is 0 Å². The second-order valence-corrected chi connectivity index (χ2v) is 9.07. The van der Waals surface area contributed by atoms with Crippen molar-refractivity contribution >= 4 is 28.8 Å². The highest BCUT2D eigenvalue weighted by Crippen LogP contribution is 2.25. The van der Waals surface area contributed by atoms with Gasteiger partial charge in [-0.1, -0.05) is 84.6 Å². The highest BCUT2D eigenvalue weighted by molar-refractivity contribution is 8.15.